The molecule has 2 heterocycles. The summed E-state index contributed by atoms with van der Waals surface area (Å²) < 4.78 is 0. The normalized spacial score (nSPS) is 21.7. The number of anilines is 1. The van der Waals surface area contributed by atoms with Gasteiger partial charge in [-0.15, -0.1) is 0 Å². The van der Waals surface area contributed by atoms with Gasteiger partial charge >= 0.3 is 0 Å². The topological polar surface area (TPSA) is 49.2 Å². The van der Waals surface area contributed by atoms with Gasteiger partial charge in [0.15, 0.2) is 0 Å². The van der Waals surface area contributed by atoms with Crippen LogP contribution in [-0.4, -0.2) is 34.8 Å². The summed E-state index contributed by atoms with van der Waals surface area (Å²) in [4.78, 5) is 10.5. The van der Waals surface area contributed by atoms with Gasteiger partial charge in [0.2, 0.25) is 0 Å². The molecule has 1 aromatic heterocycles. The van der Waals surface area contributed by atoms with Crippen molar-refractivity contribution >= 4 is 5.82 Å². The molecule has 0 spiro atoms. The van der Waals surface area contributed by atoms with Crippen molar-refractivity contribution < 1.29 is 5.11 Å². The number of rotatable bonds is 3. The van der Waals surface area contributed by atoms with E-state index in [1.165, 1.54) is 12.8 Å². The maximum absolute atomic E-state index is 8.93. The maximum atomic E-state index is 8.93. The highest BCUT2D eigenvalue weighted by Gasteiger charge is 2.19. The van der Waals surface area contributed by atoms with Crippen molar-refractivity contribution in [3.63, 3.8) is 0 Å². The van der Waals surface area contributed by atoms with Crippen molar-refractivity contribution in [2.75, 3.05) is 24.6 Å². The number of piperidine rings is 1. The first-order valence-corrected chi connectivity index (χ1v) is 5.52. The highest BCUT2D eigenvalue weighted by molar-refractivity contribution is 5.36. The van der Waals surface area contributed by atoms with Crippen LogP contribution in [0.2, 0.25) is 0 Å². The maximum Gasteiger partial charge on any atom is 0.131 e. The smallest absolute Gasteiger partial charge is 0.131 e. The Kier molecular flexibility index (Phi) is 3.50. The fourth-order valence-electron chi connectivity index (χ4n) is 2.16. The molecule has 1 saturated heterocycles. The van der Waals surface area contributed by atoms with E-state index in [2.05, 4.69) is 14.9 Å². The van der Waals surface area contributed by atoms with Crippen molar-refractivity contribution in [2.24, 2.45) is 5.92 Å². The molecule has 15 heavy (non-hydrogen) atoms. The Bertz CT molecular complexity index is 289. The Hall–Kier alpha value is -1.16. The van der Waals surface area contributed by atoms with E-state index < -0.39 is 0 Å². The summed E-state index contributed by atoms with van der Waals surface area (Å²) in [6.45, 7) is 2.37. The zero-order valence-corrected chi connectivity index (χ0v) is 8.84. The second-order valence-electron chi connectivity index (χ2n) is 4.03. The zero-order valence-electron chi connectivity index (χ0n) is 8.84. The van der Waals surface area contributed by atoms with Gasteiger partial charge < -0.3 is 10.0 Å². The van der Waals surface area contributed by atoms with Gasteiger partial charge in [-0.05, 0) is 31.2 Å². The Balaban J connectivity index is 1.98. The van der Waals surface area contributed by atoms with Crippen LogP contribution in [0.15, 0.2) is 18.6 Å². The zero-order chi connectivity index (χ0) is 10.5. The summed E-state index contributed by atoms with van der Waals surface area (Å²) in [5.74, 6) is 1.62. The summed E-state index contributed by atoms with van der Waals surface area (Å²) in [6.07, 6.45) is 6.68. The number of hydrogen-bond donors (Lipinski definition) is 1. The van der Waals surface area contributed by atoms with E-state index in [0.29, 0.717) is 12.5 Å². The van der Waals surface area contributed by atoms with Gasteiger partial charge in [0.25, 0.3) is 0 Å². The molecule has 1 N–H and O–H groups in total. The molecule has 4 heteroatoms. The van der Waals surface area contributed by atoms with Crippen LogP contribution in [0.25, 0.3) is 0 Å². The van der Waals surface area contributed by atoms with Crippen LogP contribution in [-0.2, 0) is 0 Å². The van der Waals surface area contributed by atoms with E-state index in [-0.39, 0.29) is 0 Å². The lowest BCUT2D eigenvalue weighted by Crippen LogP contribution is -2.36. The van der Waals surface area contributed by atoms with Crippen LogP contribution in [0, 0.1) is 5.92 Å². The first kappa shape index (κ1) is 10.4. The number of hydrogen-bond acceptors (Lipinski definition) is 4. The molecule has 1 aliphatic rings. The number of aliphatic hydroxyl groups excluding tert-OH is 1. The summed E-state index contributed by atoms with van der Waals surface area (Å²) in [7, 11) is 0. The van der Waals surface area contributed by atoms with Crippen molar-refractivity contribution in [3.8, 4) is 0 Å². The second-order valence-corrected chi connectivity index (χ2v) is 4.03. The highest BCUT2D eigenvalue weighted by Crippen LogP contribution is 2.22. The number of aliphatic hydroxyl groups is 1. The minimum atomic E-state index is 0.294. The third-order valence-electron chi connectivity index (χ3n) is 2.95. The molecular formula is C11H17N3O. The standard InChI is InChI=1S/C11H17N3O/c15-7-4-10-2-1-6-14(8-10)11-3-5-12-9-13-11/h3,5,9-10,15H,1-2,4,6-8H2. The lowest BCUT2D eigenvalue weighted by atomic mass is 9.95. The summed E-state index contributed by atoms with van der Waals surface area (Å²) >= 11 is 0. The van der Waals surface area contributed by atoms with Gasteiger partial charge in [-0.25, -0.2) is 9.97 Å². The molecule has 0 amide bonds. The average Bonchev–Trinajstić information content (AvgIpc) is 2.31. The van der Waals surface area contributed by atoms with E-state index in [4.69, 9.17) is 5.11 Å². The average molecular weight is 207 g/mol. The van der Waals surface area contributed by atoms with E-state index >= 15 is 0 Å². The molecule has 1 unspecified atom stereocenters. The molecule has 82 valence electrons. The lowest BCUT2D eigenvalue weighted by molar-refractivity contribution is 0.244. The molecule has 1 aromatic rings. The fraction of sp³-hybridized carbons (Fsp3) is 0.636. The van der Waals surface area contributed by atoms with E-state index in [0.717, 1.165) is 25.3 Å². The lowest BCUT2D eigenvalue weighted by Gasteiger charge is -2.33. The molecule has 1 atom stereocenters. The van der Waals surface area contributed by atoms with Gasteiger partial charge in [-0.3, -0.25) is 0 Å². The Morgan fingerprint density at radius 1 is 1.53 bits per heavy atom. The Morgan fingerprint density at radius 2 is 2.47 bits per heavy atom. The van der Waals surface area contributed by atoms with Crippen molar-refractivity contribution in [2.45, 2.75) is 19.3 Å². The SMILES string of the molecule is OCCC1CCCN(c2ccncn2)C1. The number of aromatic nitrogens is 2. The first-order valence-electron chi connectivity index (χ1n) is 5.52. The van der Waals surface area contributed by atoms with Crippen LogP contribution >= 0.6 is 0 Å². The quantitative estimate of drug-likeness (QED) is 0.805. The molecule has 1 aliphatic heterocycles. The van der Waals surface area contributed by atoms with Crippen LogP contribution in [0.4, 0.5) is 5.82 Å². The van der Waals surface area contributed by atoms with Crippen LogP contribution < -0.4 is 4.90 Å². The molecule has 1 fully saturated rings. The summed E-state index contributed by atoms with van der Waals surface area (Å²) in [5, 5.41) is 8.93. The summed E-state index contributed by atoms with van der Waals surface area (Å²) in [5.41, 5.74) is 0. The third kappa shape index (κ3) is 2.65. The molecule has 4 nitrogen and oxygen atoms in total. The molecule has 0 bridgehead atoms. The van der Waals surface area contributed by atoms with Gasteiger partial charge in [-0.1, -0.05) is 0 Å². The monoisotopic (exact) mass is 207 g/mol. The minimum Gasteiger partial charge on any atom is -0.396 e. The van der Waals surface area contributed by atoms with Crippen molar-refractivity contribution in [1.82, 2.24) is 9.97 Å². The minimum absolute atomic E-state index is 0.294. The third-order valence-corrected chi connectivity index (χ3v) is 2.95. The Morgan fingerprint density at radius 3 is 3.20 bits per heavy atom. The fourth-order valence-corrected chi connectivity index (χ4v) is 2.16. The molecule has 0 aliphatic carbocycles. The van der Waals surface area contributed by atoms with Gasteiger partial charge in [0.05, 0.1) is 0 Å². The van der Waals surface area contributed by atoms with Crippen LogP contribution in [0.5, 0.6) is 0 Å². The number of nitrogens with zero attached hydrogens (tertiary/aromatic N) is 3. The Labute approximate surface area is 90.0 Å². The molecule has 2 rings (SSSR count). The van der Waals surface area contributed by atoms with E-state index in [1.54, 1.807) is 12.5 Å². The van der Waals surface area contributed by atoms with Gasteiger partial charge in [0.1, 0.15) is 12.1 Å². The van der Waals surface area contributed by atoms with Crippen LogP contribution in [0.3, 0.4) is 0 Å². The van der Waals surface area contributed by atoms with Crippen molar-refractivity contribution in [3.05, 3.63) is 18.6 Å². The molecule has 0 saturated carbocycles. The van der Waals surface area contributed by atoms with Crippen molar-refractivity contribution in [1.29, 1.82) is 0 Å². The second kappa shape index (κ2) is 5.07. The van der Waals surface area contributed by atoms with Gasteiger partial charge in [0, 0.05) is 25.9 Å². The van der Waals surface area contributed by atoms with Gasteiger partial charge in [-0.2, -0.15) is 0 Å². The molecule has 0 radical (unpaired) electrons. The predicted molar refractivity (Wildman–Crippen MR) is 58.7 cm³/mol. The van der Waals surface area contributed by atoms with Crippen LogP contribution in [0.1, 0.15) is 19.3 Å². The first-order chi connectivity index (χ1) is 7.40. The largest absolute Gasteiger partial charge is 0.396 e. The van der Waals surface area contributed by atoms with E-state index in [9.17, 15) is 0 Å². The molecular weight excluding hydrogens is 190 g/mol. The predicted octanol–water partition coefficient (Wildman–Crippen LogP) is 1.08. The summed E-state index contributed by atoms with van der Waals surface area (Å²) in [6, 6.07) is 1.95. The highest BCUT2D eigenvalue weighted by atomic mass is 16.3. The molecule has 0 aromatic carbocycles. The van der Waals surface area contributed by atoms with E-state index in [1.807, 2.05) is 6.07 Å².